The van der Waals surface area contributed by atoms with E-state index in [9.17, 15) is 19.2 Å². The fourth-order valence-corrected chi connectivity index (χ4v) is 6.03. The average molecular weight is 667 g/mol. The third-order valence-electron chi connectivity index (χ3n) is 8.32. The van der Waals surface area contributed by atoms with Gasteiger partial charge in [0.2, 0.25) is 0 Å². The quantitative estimate of drug-likeness (QED) is 0.158. The van der Waals surface area contributed by atoms with Gasteiger partial charge in [0.05, 0.1) is 63.6 Å². The first kappa shape index (κ1) is 33.8. The average Bonchev–Trinajstić information content (AvgIpc) is 3.10. The Bertz CT molecular complexity index is 1780. The van der Waals surface area contributed by atoms with Gasteiger partial charge in [0, 0.05) is 24.2 Å². The predicted octanol–water partition coefficient (Wildman–Crippen LogP) is 4.46. The second kappa shape index (κ2) is 15.9. The van der Waals surface area contributed by atoms with Gasteiger partial charge in [-0.3, -0.25) is 19.2 Å². The Balaban J connectivity index is 1.49. The molecule has 0 fully saturated rings. The van der Waals surface area contributed by atoms with Crippen LogP contribution >= 0.6 is 0 Å². The van der Waals surface area contributed by atoms with E-state index in [1.807, 2.05) is 48.5 Å². The summed E-state index contributed by atoms with van der Waals surface area (Å²) in [6.45, 7) is 6.66. The molecule has 0 aromatic heterocycles. The third kappa shape index (κ3) is 8.14. The van der Waals surface area contributed by atoms with Crippen molar-refractivity contribution in [3.8, 4) is 11.5 Å². The molecular formula is C38H38N2O9. The molecule has 11 heteroatoms. The van der Waals surface area contributed by atoms with Crippen molar-refractivity contribution in [2.75, 3.05) is 52.7 Å². The molecule has 11 nitrogen and oxygen atoms in total. The van der Waals surface area contributed by atoms with Gasteiger partial charge in [-0.2, -0.15) is 0 Å². The van der Waals surface area contributed by atoms with E-state index in [1.165, 1.54) is 0 Å². The Labute approximate surface area is 283 Å². The number of allylic oxidation sites excluding steroid dienone is 1. The van der Waals surface area contributed by atoms with E-state index in [2.05, 4.69) is 17.2 Å². The smallest absolute Gasteiger partial charge is 0.311 e. The number of carbonyl (C=O) groups is 4. The Morgan fingerprint density at radius 3 is 1.41 bits per heavy atom. The molecule has 254 valence electrons. The van der Waals surface area contributed by atoms with Crippen LogP contribution in [0.4, 0.5) is 0 Å². The van der Waals surface area contributed by atoms with Crippen molar-refractivity contribution < 1.29 is 42.9 Å². The van der Waals surface area contributed by atoms with Crippen molar-refractivity contribution in [1.82, 2.24) is 10.6 Å². The molecule has 4 aromatic carbocycles. The zero-order valence-electron chi connectivity index (χ0n) is 27.1. The molecule has 0 saturated carbocycles. The zero-order valence-corrected chi connectivity index (χ0v) is 27.1. The largest absolute Gasteiger partial charge is 0.425 e. The molecule has 0 aliphatic carbocycles. The topological polar surface area (TPSA) is 138 Å². The maximum Gasteiger partial charge on any atom is 0.311 e. The highest BCUT2D eigenvalue weighted by Crippen LogP contribution is 2.38. The van der Waals surface area contributed by atoms with E-state index in [1.54, 1.807) is 12.1 Å². The van der Waals surface area contributed by atoms with Crippen LogP contribution in [0, 0.1) is 0 Å². The highest BCUT2D eigenvalue weighted by Gasteiger charge is 2.27. The highest BCUT2D eigenvalue weighted by atomic mass is 16.6. The first-order chi connectivity index (χ1) is 23.9. The van der Waals surface area contributed by atoms with Crippen molar-refractivity contribution in [1.29, 1.82) is 0 Å². The van der Waals surface area contributed by atoms with Crippen LogP contribution < -0.4 is 20.1 Å². The molecule has 0 atom stereocenters. The monoisotopic (exact) mass is 666 g/mol. The molecule has 49 heavy (non-hydrogen) atoms. The van der Waals surface area contributed by atoms with Gasteiger partial charge in [-0.25, -0.2) is 0 Å². The number of ether oxygens (including phenoxy) is 5. The minimum absolute atomic E-state index is 0.110. The van der Waals surface area contributed by atoms with Crippen LogP contribution in [0.25, 0.3) is 21.5 Å². The van der Waals surface area contributed by atoms with Crippen LogP contribution in [-0.2, 0) is 36.6 Å². The molecule has 2 heterocycles. The molecule has 0 spiro atoms. The summed E-state index contributed by atoms with van der Waals surface area (Å²) in [4.78, 5) is 53.9. The van der Waals surface area contributed by atoms with Gasteiger partial charge in [-0.15, -0.1) is 0 Å². The Morgan fingerprint density at radius 2 is 0.959 bits per heavy atom. The van der Waals surface area contributed by atoms with E-state index in [0.29, 0.717) is 43.1 Å². The van der Waals surface area contributed by atoms with Crippen molar-refractivity contribution in [2.45, 2.75) is 25.7 Å². The summed E-state index contributed by atoms with van der Waals surface area (Å²) < 4.78 is 28.6. The SMILES string of the molecule is C=C1Cc2c3c(cc4ccccc24)C(=O)NCCOCCOCCOCCNC(=O)c2cc4ccccc4c(c2OC(=O)CCC(=O)O3)C1. The summed E-state index contributed by atoms with van der Waals surface area (Å²) >= 11 is 0. The number of hydrogen-bond donors (Lipinski definition) is 2. The van der Waals surface area contributed by atoms with Gasteiger partial charge in [0.15, 0.2) is 0 Å². The Kier molecular flexibility index (Phi) is 10.9. The van der Waals surface area contributed by atoms with Crippen LogP contribution in [0.15, 0.2) is 72.8 Å². The van der Waals surface area contributed by atoms with Crippen LogP contribution in [0.2, 0.25) is 0 Å². The molecule has 0 saturated heterocycles. The molecule has 2 amide bonds. The van der Waals surface area contributed by atoms with E-state index >= 15 is 0 Å². The fourth-order valence-electron chi connectivity index (χ4n) is 6.03. The minimum Gasteiger partial charge on any atom is -0.425 e. The second-order valence-corrected chi connectivity index (χ2v) is 11.8. The lowest BCUT2D eigenvalue weighted by Crippen LogP contribution is -2.29. The lowest BCUT2D eigenvalue weighted by atomic mass is 9.90. The van der Waals surface area contributed by atoms with E-state index < -0.39 is 23.8 Å². The summed E-state index contributed by atoms with van der Waals surface area (Å²) in [5, 5.41) is 8.87. The van der Waals surface area contributed by atoms with Gasteiger partial charge >= 0.3 is 11.9 Å². The summed E-state index contributed by atoms with van der Waals surface area (Å²) in [5.41, 5.74) is 2.24. The van der Waals surface area contributed by atoms with Crippen molar-refractivity contribution >= 4 is 45.3 Å². The molecule has 4 aromatic rings. The van der Waals surface area contributed by atoms with Gasteiger partial charge in [0.25, 0.3) is 11.8 Å². The van der Waals surface area contributed by atoms with Gasteiger partial charge < -0.3 is 34.3 Å². The summed E-state index contributed by atoms with van der Waals surface area (Å²) in [6, 6.07) is 18.5. The first-order valence-electron chi connectivity index (χ1n) is 16.4. The van der Waals surface area contributed by atoms with Gasteiger partial charge in [-0.1, -0.05) is 60.7 Å². The molecule has 6 bridgehead atoms. The summed E-state index contributed by atoms with van der Waals surface area (Å²) in [7, 11) is 0. The number of amides is 2. The number of benzene rings is 4. The number of esters is 2. The van der Waals surface area contributed by atoms with E-state index in [0.717, 1.165) is 21.5 Å². The van der Waals surface area contributed by atoms with Crippen LogP contribution in [-0.4, -0.2) is 76.5 Å². The predicted molar refractivity (Wildman–Crippen MR) is 182 cm³/mol. The molecule has 0 unspecified atom stereocenters. The molecule has 6 rings (SSSR count). The Morgan fingerprint density at radius 1 is 0.551 bits per heavy atom. The molecule has 2 aliphatic heterocycles. The number of carbonyl (C=O) groups excluding carboxylic acids is 4. The van der Waals surface area contributed by atoms with Crippen LogP contribution in [0.1, 0.15) is 44.7 Å². The lowest BCUT2D eigenvalue weighted by Gasteiger charge is -2.20. The molecule has 0 radical (unpaired) electrons. The highest BCUT2D eigenvalue weighted by molar-refractivity contribution is 6.05. The van der Waals surface area contributed by atoms with Gasteiger partial charge in [-0.05, 0) is 46.5 Å². The maximum atomic E-state index is 13.7. The third-order valence-corrected chi connectivity index (χ3v) is 8.32. The fraction of sp³-hybridized carbons (Fsp3) is 0.316. The minimum atomic E-state index is -0.710. The number of hydrogen-bond acceptors (Lipinski definition) is 9. The number of nitrogens with one attached hydrogen (secondary N) is 2. The summed E-state index contributed by atoms with van der Waals surface area (Å²) in [5.74, 6) is -2.08. The van der Waals surface area contributed by atoms with E-state index in [4.69, 9.17) is 23.7 Å². The number of rotatable bonds is 0. The zero-order chi connectivity index (χ0) is 34.2. The normalized spacial score (nSPS) is 17.8. The lowest BCUT2D eigenvalue weighted by molar-refractivity contribution is -0.140. The molecule has 2 N–H and O–H groups in total. The van der Waals surface area contributed by atoms with Crippen molar-refractivity contribution in [3.05, 3.63) is 95.1 Å². The van der Waals surface area contributed by atoms with Gasteiger partial charge in [0.1, 0.15) is 11.5 Å². The Hall–Kier alpha value is -5.10. The number of fused-ring (bicyclic) bond motifs is 4. The maximum absolute atomic E-state index is 13.7. The molecular weight excluding hydrogens is 628 g/mol. The first-order valence-corrected chi connectivity index (χ1v) is 16.4. The standard InChI is InChI=1S/C38H38N2O9/c1-24-20-29-27-8-4-2-6-25(27)22-31-35(29)48-33(41)10-11-34(42)49-36-30(21-24)28-9-5-3-7-26(28)23-32(36)38(44)40-13-15-46-17-19-47-18-16-45-14-12-39-37(31)43/h2-9,22-23H,1,10-21H2,(H,39,43)(H,40,44). The van der Waals surface area contributed by atoms with Crippen LogP contribution in [0.3, 0.4) is 0 Å². The van der Waals surface area contributed by atoms with E-state index in [-0.39, 0.29) is 74.6 Å². The van der Waals surface area contributed by atoms with Crippen LogP contribution in [0.5, 0.6) is 11.5 Å². The van der Waals surface area contributed by atoms with Crippen molar-refractivity contribution in [2.24, 2.45) is 0 Å². The van der Waals surface area contributed by atoms with Crippen molar-refractivity contribution in [3.63, 3.8) is 0 Å². The second-order valence-electron chi connectivity index (χ2n) is 11.8. The molecule has 2 aliphatic rings. The summed E-state index contributed by atoms with van der Waals surface area (Å²) in [6.07, 6.45) is -0.179.